The molecule has 1 atom stereocenters. The lowest BCUT2D eigenvalue weighted by molar-refractivity contribution is -0.120. The van der Waals surface area contributed by atoms with Crippen LogP contribution in [0.15, 0.2) is 59.5 Å². The average Bonchev–Trinajstić information content (AvgIpc) is 3.42. The minimum atomic E-state index is -0.604. The molecule has 2 aliphatic rings. The van der Waals surface area contributed by atoms with E-state index in [-0.39, 0.29) is 11.3 Å². The number of anilines is 2. The summed E-state index contributed by atoms with van der Waals surface area (Å²) in [6.45, 7) is 2.66. The maximum atomic E-state index is 14.7. The number of allylic oxidation sites excluding steroid dienone is 1. The smallest absolute Gasteiger partial charge is 0.256 e. The number of aromatic nitrogens is 1. The lowest BCUT2D eigenvalue weighted by Gasteiger charge is -2.27. The number of hydrogen-bond donors (Lipinski definition) is 4. The molecule has 44 heavy (non-hydrogen) atoms. The molecule has 9 nitrogen and oxygen atoms in total. The first-order valence-electron chi connectivity index (χ1n) is 15.2. The van der Waals surface area contributed by atoms with Gasteiger partial charge in [-0.1, -0.05) is 6.07 Å². The van der Waals surface area contributed by atoms with E-state index in [9.17, 15) is 14.0 Å². The van der Waals surface area contributed by atoms with Crippen molar-refractivity contribution in [2.45, 2.75) is 45.4 Å². The van der Waals surface area contributed by atoms with E-state index in [4.69, 9.17) is 9.73 Å². The van der Waals surface area contributed by atoms with Crippen LogP contribution in [0.3, 0.4) is 0 Å². The third-order valence-corrected chi connectivity index (χ3v) is 7.99. The highest BCUT2D eigenvalue weighted by atomic mass is 19.1. The first-order valence-corrected chi connectivity index (χ1v) is 15.2. The molecule has 1 aliphatic heterocycles. The predicted octanol–water partition coefficient (Wildman–Crippen LogP) is 5.82. The number of ketones is 1. The minimum absolute atomic E-state index is 0.0596. The molecule has 0 fully saturated rings. The summed E-state index contributed by atoms with van der Waals surface area (Å²) in [4.78, 5) is 35.1. The van der Waals surface area contributed by atoms with E-state index >= 15 is 0 Å². The maximum absolute atomic E-state index is 14.7. The second kappa shape index (κ2) is 13.9. The Labute approximate surface area is 258 Å². The normalized spacial score (nSPS) is 17.1. The monoisotopic (exact) mass is 600 g/mol. The quantitative estimate of drug-likeness (QED) is 0.234. The largest absolute Gasteiger partial charge is 0.495 e. The van der Waals surface area contributed by atoms with Crippen molar-refractivity contribution >= 4 is 34.6 Å². The fourth-order valence-electron chi connectivity index (χ4n) is 6.00. The van der Waals surface area contributed by atoms with Crippen LogP contribution < -0.4 is 20.7 Å². The molecule has 0 bridgehead atoms. The van der Waals surface area contributed by atoms with E-state index < -0.39 is 11.7 Å². The summed E-state index contributed by atoms with van der Waals surface area (Å²) >= 11 is 0. The van der Waals surface area contributed by atoms with Crippen LogP contribution in [0.25, 0.3) is 0 Å². The molecule has 0 saturated carbocycles. The number of aliphatic imine (C=N–C) groups is 1. The average molecular weight is 601 g/mol. The van der Waals surface area contributed by atoms with Crippen molar-refractivity contribution in [3.63, 3.8) is 0 Å². The standard InChI is InChI=1S/C34H41FN6O3/c1-5-36-34(43)32-26(35)8-6-10-28(32)38-27-9-7-11-31(40-33-25(27)14-15-37-33)39-29-18-23-16-21(17-24(42)20-41(2)3)12-13-22(23)19-30(29)44-4/h6,8,10-11,14-15,18-19,21,37,39-40H,5,7,9,12-13,16-17,20H2,1-4H3,(H,36,43)/t21-/m1/s1. The fraction of sp³-hybridized carbons (Fsp3) is 0.382. The second-order valence-corrected chi connectivity index (χ2v) is 11.6. The van der Waals surface area contributed by atoms with Crippen molar-refractivity contribution in [1.29, 1.82) is 0 Å². The van der Waals surface area contributed by atoms with Gasteiger partial charge in [-0.15, -0.1) is 0 Å². The van der Waals surface area contributed by atoms with Crippen molar-refractivity contribution in [1.82, 2.24) is 15.2 Å². The Morgan fingerprint density at radius 1 is 1.16 bits per heavy atom. The number of carbonyl (C=O) groups excluding carboxylic acids is 2. The third-order valence-electron chi connectivity index (χ3n) is 7.99. The number of amides is 1. The van der Waals surface area contributed by atoms with Crippen LogP contribution in [-0.2, 0) is 17.6 Å². The summed E-state index contributed by atoms with van der Waals surface area (Å²) in [5.41, 5.74) is 5.16. The number of fused-ring (bicyclic) bond motifs is 2. The minimum Gasteiger partial charge on any atom is -0.495 e. The number of aryl methyl sites for hydroxylation is 1. The number of aromatic amines is 1. The second-order valence-electron chi connectivity index (χ2n) is 11.6. The molecular formula is C34H41FN6O3. The van der Waals surface area contributed by atoms with Gasteiger partial charge in [0.15, 0.2) is 0 Å². The van der Waals surface area contributed by atoms with E-state index in [1.54, 1.807) is 26.2 Å². The number of Topliss-reactive ketones (excluding diaryl/α,β-unsaturated/α-hetero) is 1. The molecule has 0 saturated heterocycles. The van der Waals surface area contributed by atoms with Crippen LogP contribution in [0.1, 0.15) is 59.7 Å². The molecule has 232 valence electrons. The highest BCUT2D eigenvalue weighted by Gasteiger charge is 2.24. The number of benzene rings is 2. The highest BCUT2D eigenvalue weighted by Crippen LogP contribution is 2.36. The summed E-state index contributed by atoms with van der Waals surface area (Å²) in [5.74, 6) is 1.80. The number of likely N-dealkylation sites (N-methyl/N-ethyl adjacent to an activating group) is 1. The SMILES string of the molecule is CCNC(=O)c1c(F)cccc1N=C1CCC=C(Nc2cc3c(cc2OC)CC[C@@H](CC(=O)CN(C)C)C3)Nc2[nH]ccc21. The van der Waals surface area contributed by atoms with Crippen LogP contribution in [0.4, 0.5) is 21.6 Å². The van der Waals surface area contributed by atoms with Crippen molar-refractivity contribution < 1.29 is 18.7 Å². The summed E-state index contributed by atoms with van der Waals surface area (Å²) in [5, 5.41) is 9.66. The molecule has 1 aliphatic carbocycles. The van der Waals surface area contributed by atoms with Gasteiger partial charge in [-0.2, -0.15) is 0 Å². The number of H-pyrrole nitrogens is 1. The molecule has 3 aromatic rings. The number of nitrogens with one attached hydrogen (secondary N) is 4. The fourth-order valence-corrected chi connectivity index (χ4v) is 6.00. The van der Waals surface area contributed by atoms with E-state index in [2.05, 4.69) is 39.1 Å². The molecular weight excluding hydrogens is 559 g/mol. The van der Waals surface area contributed by atoms with E-state index in [1.165, 1.54) is 17.2 Å². The van der Waals surface area contributed by atoms with Gasteiger partial charge in [0, 0.05) is 24.7 Å². The number of rotatable bonds is 10. The third kappa shape index (κ3) is 7.19. The highest BCUT2D eigenvalue weighted by molar-refractivity contribution is 6.08. The van der Waals surface area contributed by atoms with Gasteiger partial charge in [0.1, 0.15) is 34.6 Å². The molecule has 10 heteroatoms. The lowest BCUT2D eigenvalue weighted by Crippen LogP contribution is -2.25. The Morgan fingerprint density at radius 2 is 2.00 bits per heavy atom. The zero-order valence-corrected chi connectivity index (χ0v) is 25.9. The zero-order valence-electron chi connectivity index (χ0n) is 25.9. The first kappa shape index (κ1) is 31.0. The number of halogens is 1. The Morgan fingerprint density at radius 3 is 2.77 bits per heavy atom. The molecule has 2 aromatic carbocycles. The lowest BCUT2D eigenvalue weighted by atomic mass is 9.81. The Hall–Kier alpha value is -4.44. The van der Waals surface area contributed by atoms with Gasteiger partial charge in [0.2, 0.25) is 0 Å². The van der Waals surface area contributed by atoms with Crippen molar-refractivity contribution in [2.24, 2.45) is 10.9 Å². The topological polar surface area (TPSA) is 111 Å². The summed E-state index contributed by atoms with van der Waals surface area (Å²) in [6.07, 6.45) is 8.47. The number of ether oxygens (including phenoxy) is 1. The number of hydrogen-bond acceptors (Lipinski definition) is 7. The van der Waals surface area contributed by atoms with E-state index in [0.717, 1.165) is 53.6 Å². The number of nitrogens with zero attached hydrogens (tertiary/aromatic N) is 2. The Balaban J connectivity index is 1.37. The molecule has 0 spiro atoms. The Bertz CT molecular complexity index is 1590. The predicted molar refractivity (Wildman–Crippen MR) is 173 cm³/mol. The van der Waals surface area contributed by atoms with Crippen LogP contribution in [0.2, 0.25) is 0 Å². The van der Waals surface area contributed by atoms with Gasteiger partial charge in [-0.3, -0.25) is 14.6 Å². The maximum Gasteiger partial charge on any atom is 0.256 e. The van der Waals surface area contributed by atoms with Gasteiger partial charge in [-0.05, 0) is 107 Å². The van der Waals surface area contributed by atoms with Gasteiger partial charge >= 0.3 is 0 Å². The van der Waals surface area contributed by atoms with Gasteiger partial charge in [0.25, 0.3) is 5.91 Å². The molecule has 1 aromatic heterocycles. The van der Waals surface area contributed by atoms with Crippen molar-refractivity contribution in [3.8, 4) is 5.75 Å². The van der Waals surface area contributed by atoms with Gasteiger partial charge in [-0.25, -0.2) is 4.39 Å². The van der Waals surface area contributed by atoms with Crippen LogP contribution in [0.5, 0.6) is 5.75 Å². The van der Waals surface area contributed by atoms with E-state index in [1.807, 2.05) is 31.3 Å². The van der Waals surface area contributed by atoms with Crippen LogP contribution in [0, 0.1) is 11.7 Å². The van der Waals surface area contributed by atoms with E-state index in [0.29, 0.717) is 44.0 Å². The van der Waals surface area contributed by atoms with Crippen molar-refractivity contribution in [3.05, 3.63) is 82.6 Å². The number of carbonyl (C=O) groups is 2. The van der Waals surface area contributed by atoms with Crippen LogP contribution >= 0.6 is 0 Å². The first-order chi connectivity index (χ1) is 21.2. The summed E-state index contributed by atoms with van der Waals surface area (Å²) in [6, 6.07) is 10.7. The summed E-state index contributed by atoms with van der Waals surface area (Å²) in [7, 11) is 5.52. The van der Waals surface area contributed by atoms with Crippen LogP contribution in [-0.4, -0.2) is 61.6 Å². The molecule has 4 N–H and O–H groups in total. The Kier molecular flexibility index (Phi) is 9.79. The molecule has 2 heterocycles. The summed E-state index contributed by atoms with van der Waals surface area (Å²) < 4.78 is 20.5. The van der Waals surface area contributed by atoms with Gasteiger partial charge in [0.05, 0.1) is 30.7 Å². The molecule has 5 rings (SSSR count). The van der Waals surface area contributed by atoms with Gasteiger partial charge < -0.3 is 30.6 Å². The number of methoxy groups -OCH3 is 1. The molecule has 0 radical (unpaired) electrons. The molecule has 1 amide bonds. The van der Waals surface area contributed by atoms with Crippen molar-refractivity contribution in [2.75, 3.05) is 44.9 Å². The zero-order chi connectivity index (χ0) is 31.2. The molecule has 0 unspecified atom stereocenters.